The highest BCUT2D eigenvalue weighted by atomic mass is 35.5. The molecular weight excluding hydrogens is 280 g/mol. The number of hydrogen-bond acceptors (Lipinski definition) is 5. The van der Waals surface area contributed by atoms with Gasteiger partial charge in [0.05, 0.1) is 5.75 Å². The molecule has 6 heteroatoms. The lowest BCUT2D eigenvalue weighted by molar-refractivity contribution is 0.802. The maximum absolute atomic E-state index is 5.94. The first-order chi connectivity index (χ1) is 9.17. The van der Waals surface area contributed by atoms with E-state index in [-0.39, 0.29) is 0 Å². The quantitative estimate of drug-likeness (QED) is 0.857. The molecule has 0 atom stereocenters. The topological polar surface area (TPSA) is 64.7 Å². The van der Waals surface area contributed by atoms with E-state index in [0.717, 1.165) is 28.6 Å². The third kappa shape index (κ3) is 4.36. The normalized spacial score (nSPS) is 10.6. The van der Waals surface area contributed by atoms with Crippen LogP contribution >= 0.6 is 23.4 Å². The van der Waals surface area contributed by atoms with Crippen molar-refractivity contribution in [3.8, 4) is 0 Å². The van der Waals surface area contributed by atoms with Crippen molar-refractivity contribution >= 4 is 29.3 Å². The number of nitrogens with two attached hydrogens (primary N) is 1. The fraction of sp³-hybridized carbons (Fsp3) is 0.308. The third-order valence-electron chi connectivity index (χ3n) is 2.38. The van der Waals surface area contributed by atoms with Crippen molar-refractivity contribution in [2.45, 2.75) is 30.4 Å². The van der Waals surface area contributed by atoms with E-state index in [1.165, 1.54) is 0 Å². The van der Waals surface area contributed by atoms with Crippen LogP contribution in [0.1, 0.15) is 25.0 Å². The van der Waals surface area contributed by atoms with Gasteiger partial charge in [0, 0.05) is 16.3 Å². The van der Waals surface area contributed by atoms with Crippen LogP contribution in [0.3, 0.4) is 0 Å². The molecule has 0 bridgehead atoms. The predicted octanol–water partition coefficient (Wildman–Crippen LogP) is 3.35. The molecule has 2 N–H and O–H groups in total. The van der Waals surface area contributed by atoms with E-state index in [9.17, 15) is 0 Å². The standard InChI is InChI=1S/C13H15ClN4S/c1-2-4-11-16-12(18-13(15)17-11)8-19-10-6-3-5-9(14)7-10/h3,5-7H,2,4,8H2,1H3,(H2,15,16,17,18). The first-order valence-electron chi connectivity index (χ1n) is 6.05. The number of benzene rings is 1. The van der Waals surface area contributed by atoms with Crippen LogP contribution in [0.2, 0.25) is 5.02 Å². The van der Waals surface area contributed by atoms with Crippen LogP contribution in [0, 0.1) is 0 Å². The van der Waals surface area contributed by atoms with Gasteiger partial charge < -0.3 is 5.73 Å². The van der Waals surface area contributed by atoms with E-state index in [2.05, 4.69) is 21.9 Å². The number of thioether (sulfide) groups is 1. The van der Waals surface area contributed by atoms with Crippen molar-refractivity contribution in [2.24, 2.45) is 0 Å². The molecule has 100 valence electrons. The lowest BCUT2D eigenvalue weighted by Gasteiger charge is -2.04. The molecule has 0 aliphatic heterocycles. The molecule has 2 rings (SSSR count). The van der Waals surface area contributed by atoms with Gasteiger partial charge in [0.1, 0.15) is 11.6 Å². The number of rotatable bonds is 5. The minimum Gasteiger partial charge on any atom is -0.368 e. The van der Waals surface area contributed by atoms with Crippen molar-refractivity contribution < 1.29 is 0 Å². The Bertz CT molecular complexity index is 562. The van der Waals surface area contributed by atoms with Gasteiger partial charge in [-0.25, -0.2) is 4.98 Å². The minimum atomic E-state index is 0.292. The molecule has 0 aliphatic carbocycles. The first-order valence-corrected chi connectivity index (χ1v) is 7.41. The van der Waals surface area contributed by atoms with E-state index in [4.69, 9.17) is 17.3 Å². The van der Waals surface area contributed by atoms with E-state index >= 15 is 0 Å². The lowest BCUT2D eigenvalue weighted by Crippen LogP contribution is -2.06. The van der Waals surface area contributed by atoms with Crippen molar-refractivity contribution in [1.29, 1.82) is 0 Å². The van der Waals surface area contributed by atoms with Crippen molar-refractivity contribution in [3.05, 3.63) is 40.9 Å². The number of halogens is 1. The van der Waals surface area contributed by atoms with Gasteiger partial charge in [-0.2, -0.15) is 9.97 Å². The summed E-state index contributed by atoms with van der Waals surface area (Å²) in [6.45, 7) is 2.08. The van der Waals surface area contributed by atoms with Gasteiger partial charge >= 0.3 is 0 Å². The molecule has 1 heterocycles. The van der Waals surface area contributed by atoms with Gasteiger partial charge in [-0.05, 0) is 24.6 Å². The second-order valence-electron chi connectivity index (χ2n) is 4.02. The summed E-state index contributed by atoms with van der Waals surface area (Å²) in [5.74, 6) is 2.42. The smallest absolute Gasteiger partial charge is 0.223 e. The Morgan fingerprint density at radius 1 is 1.21 bits per heavy atom. The Balaban J connectivity index is 2.06. The van der Waals surface area contributed by atoms with Crippen LogP contribution in [0.15, 0.2) is 29.2 Å². The molecule has 1 aromatic carbocycles. The summed E-state index contributed by atoms with van der Waals surface area (Å²) in [7, 11) is 0. The maximum atomic E-state index is 5.94. The SMILES string of the molecule is CCCc1nc(N)nc(CSc2cccc(Cl)c2)n1. The van der Waals surface area contributed by atoms with Gasteiger partial charge in [0.15, 0.2) is 0 Å². The Hall–Kier alpha value is -1.33. The van der Waals surface area contributed by atoms with E-state index < -0.39 is 0 Å². The summed E-state index contributed by atoms with van der Waals surface area (Å²) in [6, 6.07) is 7.71. The molecule has 0 spiro atoms. The maximum Gasteiger partial charge on any atom is 0.223 e. The zero-order valence-electron chi connectivity index (χ0n) is 10.6. The fourth-order valence-electron chi connectivity index (χ4n) is 1.59. The average Bonchev–Trinajstić information content (AvgIpc) is 2.36. The highest BCUT2D eigenvalue weighted by molar-refractivity contribution is 7.98. The molecule has 0 fully saturated rings. The van der Waals surface area contributed by atoms with E-state index in [1.54, 1.807) is 11.8 Å². The monoisotopic (exact) mass is 294 g/mol. The molecule has 4 nitrogen and oxygen atoms in total. The van der Waals surface area contributed by atoms with Crippen LogP contribution in [-0.4, -0.2) is 15.0 Å². The molecule has 1 aromatic heterocycles. The van der Waals surface area contributed by atoms with Crippen LogP contribution < -0.4 is 5.73 Å². The zero-order chi connectivity index (χ0) is 13.7. The van der Waals surface area contributed by atoms with Crippen molar-refractivity contribution in [3.63, 3.8) is 0 Å². The zero-order valence-corrected chi connectivity index (χ0v) is 12.2. The Morgan fingerprint density at radius 2 is 2.00 bits per heavy atom. The number of nitrogen functional groups attached to an aromatic ring is 1. The molecular formula is C13H15ClN4S. The summed E-state index contributed by atoms with van der Waals surface area (Å²) >= 11 is 7.57. The van der Waals surface area contributed by atoms with Crippen LogP contribution in [-0.2, 0) is 12.2 Å². The summed E-state index contributed by atoms with van der Waals surface area (Å²) in [4.78, 5) is 13.8. The van der Waals surface area contributed by atoms with Gasteiger partial charge in [-0.3, -0.25) is 0 Å². The molecule has 0 saturated heterocycles. The van der Waals surface area contributed by atoms with Gasteiger partial charge in [-0.1, -0.05) is 24.6 Å². The summed E-state index contributed by atoms with van der Waals surface area (Å²) in [5, 5.41) is 0.729. The Morgan fingerprint density at radius 3 is 2.74 bits per heavy atom. The number of nitrogens with zero attached hydrogens (tertiary/aromatic N) is 3. The average molecular weight is 295 g/mol. The summed E-state index contributed by atoms with van der Waals surface area (Å²) in [6.07, 6.45) is 1.81. The third-order valence-corrected chi connectivity index (χ3v) is 3.61. The highest BCUT2D eigenvalue weighted by Crippen LogP contribution is 2.24. The minimum absolute atomic E-state index is 0.292. The largest absolute Gasteiger partial charge is 0.368 e. The molecule has 19 heavy (non-hydrogen) atoms. The fourth-order valence-corrected chi connectivity index (χ4v) is 2.66. The molecule has 0 amide bonds. The predicted molar refractivity (Wildman–Crippen MR) is 79.2 cm³/mol. The van der Waals surface area contributed by atoms with Crippen molar-refractivity contribution in [2.75, 3.05) is 5.73 Å². The van der Waals surface area contributed by atoms with Crippen LogP contribution in [0.25, 0.3) is 0 Å². The Labute approximate surface area is 121 Å². The second kappa shape index (κ2) is 6.73. The molecule has 0 radical (unpaired) electrons. The summed E-state index contributed by atoms with van der Waals surface area (Å²) in [5.41, 5.74) is 5.69. The number of anilines is 1. The van der Waals surface area contributed by atoms with Gasteiger partial charge in [-0.15, -0.1) is 11.8 Å². The van der Waals surface area contributed by atoms with Crippen LogP contribution in [0.4, 0.5) is 5.95 Å². The second-order valence-corrected chi connectivity index (χ2v) is 5.51. The summed E-state index contributed by atoms with van der Waals surface area (Å²) < 4.78 is 0. The number of aromatic nitrogens is 3. The molecule has 0 aliphatic rings. The van der Waals surface area contributed by atoms with Crippen molar-refractivity contribution in [1.82, 2.24) is 15.0 Å². The van der Waals surface area contributed by atoms with Gasteiger partial charge in [0.2, 0.25) is 5.95 Å². The van der Waals surface area contributed by atoms with E-state index in [0.29, 0.717) is 17.5 Å². The first kappa shape index (κ1) is 14.1. The van der Waals surface area contributed by atoms with Gasteiger partial charge in [0.25, 0.3) is 0 Å². The number of aryl methyl sites for hydroxylation is 1. The van der Waals surface area contributed by atoms with Crippen LogP contribution in [0.5, 0.6) is 0 Å². The highest BCUT2D eigenvalue weighted by Gasteiger charge is 2.05. The van der Waals surface area contributed by atoms with E-state index in [1.807, 2.05) is 24.3 Å². The molecule has 0 saturated carbocycles. The Kier molecular flexibility index (Phi) is 4.99. The molecule has 2 aromatic rings. The molecule has 0 unspecified atom stereocenters. The lowest BCUT2D eigenvalue weighted by atomic mass is 10.3. The number of hydrogen-bond donors (Lipinski definition) is 1.